The van der Waals surface area contributed by atoms with Gasteiger partial charge in [0.15, 0.2) is 5.78 Å². The minimum absolute atomic E-state index is 0.126. The first-order valence-electron chi connectivity index (χ1n) is 8.99. The van der Waals surface area contributed by atoms with E-state index in [0.29, 0.717) is 5.56 Å². The van der Waals surface area contributed by atoms with Crippen LogP contribution in [0.25, 0.3) is 0 Å². The van der Waals surface area contributed by atoms with E-state index in [0.717, 1.165) is 4.90 Å². The molecule has 0 aliphatic heterocycles. The number of Topliss-reactive ketones (excluding diaryl/α,β-unsaturated/α-hetero) is 1. The second kappa shape index (κ2) is 8.89. The molecule has 1 N–H and O–H groups in total. The summed E-state index contributed by atoms with van der Waals surface area (Å²) in [6.07, 6.45) is 1.63. The smallest absolute Gasteiger partial charge is 0.317 e. The van der Waals surface area contributed by atoms with Crippen molar-refractivity contribution < 1.29 is 29.0 Å². The predicted molar refractivity (Wildman–Crippen MR) is 101 cm³/mol. The quantitative estimate of drug-likeness (QED) is 0.450. The number of ether oxygens (including phenoxy) is 2. The van der Waals surface area contributed by atoms with Crippen LogP contribution in [0.15, 0.2) is 29.2 Å². The summed E-state index contributed by atoms with van der Waals surface area (Å²) in [4.78, 5) is 39.0. The number of carbonyl (C=O) groups is 3. The lowest BCUT2D eigenvalue weighted by atomic mass is 9.62. The Labute approximate surface area is 163 Å². The lowest BCUT2D eigenvalue weighted by Gasteiger charge is -2.43. The molecule has 0 amide bonds. The van der Waals surface area contributed by atoms with Gasteiger partial charge < -0.3 is 14.6 Å². The van der Waals surface area contributed by atoms with Crippen LogP contribution in [-0.2, 0) is 23.9 Å². The van der Waals surface area contributed by atoms with Gasteiger partial charge in [-0.25, -0.2) is 0 Å². The molecule has 1 aromatic carbocycles. The van der Waals surface area contributed by atoms with Gasteiger partial charge in [-0.05, 0) is 44.7 Å². The van der Waals surface area contributed by atoms with Crippen LogP contribution in [0.5, 0.6) is 0 Å². The number of carbonyl (C=O) groups excluding carboxylic acids is 3. The van der Waals surface area contributed by atoms with Gasteiger partial charge in [-0.2, -0.15) is 0 Å². The van der Waals surface area contributed by atoms with Crippen LogP contribution < -0.4 is 0 Å². The molecule has 0 heterocycles. The van der Waals surface area contributed by atoms with Crippen molar-refractivity contribution in [3.05, 3.63) is 29.8 Å². The summed E-state index contributed by atoms with van der Waals surface area (Å²) in [7, 11) is 0. The van der Waals surface area contributed by atoms with Gasteiger partial charge in [0, 0.05) is 17.2 Å². The molecular formula is C20H26O6S. The van der Waals surface area contributed by atoms with Crippen LogP contribution in [-0.4, -0.2) is 47.9 Å². The van der Waals surface area contributed by atoms with Crippen molar-refractivity contribution >= 4 is 29.5 Å². The Morgan fingerprint density at radius 3 is 2.22 bits per heavy atom. The normalized spacial score (nSPS) is 27.9. The van der Waals surface area contributed by atoms with Crippen LogP contribution in [0.3, 0.4) is 0 Å². The Morgan fingerprint density at radius 1 is 1.15 bits per heavy atom. The average Bonchev–Trinajstić information content (AvgIpc) is 2.60. The zero-order valence-electron chi connectivity index (χ0n) is 16.1. The fourth-order valence-corrected chi connectivity index (χ4v) is 4.11. The van der Waals surface area contributed by atoms with Gasteiger partial charge in [-0.1, -0.05) is 12.1 Å². The number of thioether (sulfide) groups is 1. The van der Waals surface area contributed by atoms with Crippen molar-refractivity contribution in [3.8, 4) is 0 Å². The minimum atomic E-state index is -1.62. The van der Waals surface area contributed by atoms with Gasteiger partial charge >= 0.3 is 11.9 Å². The Balaban J connectivity index is 2.59. The number of esters is 2. The summed E-state index contributed by atoms with van der Waals surface area (Å²) < 4.78 is 10.3. The third-order valence-corrected chi connectivity index (χ3v) is 5.59. The first-order valence-corrected chi connectivity index (χ1v) is 10.2. The highest BCUT2D eigenvalue weighted by molar-refractivity contribution is 7.98. The fraction of sp³-hybridized carbons (Fsp3) is 0.550. The van der Waals surface area contributed by atoms with Crippen molar-refractivity contribution in [2.45, 2.75) is 43.6 Å². The monoisotopic (exact) mass is 394 g/mol. The summed E-state index contributed by atoms with van der Waals surface area (Å²) in [5, 5.41) is 10.9. The van der Waals surface area contributed by atoms with Crippen LogP contribution >= 0.6 is 11.8 Å². The van der Waals surface area contributed by atoms with Crippen LogP contribution in [0.1, 0.15) is 38.7 Å². The van der Waals surface area contributed by atoms with Crippen molar-refractivity contribution in [2.75, 3.05) is 19.5 Å². The summed E-state index contributed by atoms with van der Waals surface area (Å²) in [5.41, 5.74) is -0.993. The molecule has 148 valence electrons. The van der Waals surface area contributed by atoms with E-state index in [-0.39, 0.29) is 19.6 Å². The zero-order chi connectivity index (χ0) is 20.2. The maximum absolute atomic E-state index is 12.7. The number of hydrogen-bond acceptors (Lipinski definition) is 7. The third-order valence-electron chi connectivity index (χ3n) is 4.85. The zero-order valence-corrected chi connectivity index (χ0v) is 16.9. The molecule has 1 saturated carbocycles. The Hall–Kier alpha value is -1.86. The molecule has 0 unspecified atom stereocenters. The highest BCUT2D eigenvalue weighted by Gasteiger charge is 2.57. The van der Waals surface area contributed by atoms with E-state index in [1.54, 1.807) is 37.7 Å². The van der Waals surface area contributed by atoms with Crippen molar-refractivity contribution in [1.29, 1.82) is 0 Å². The second-order valence-electron chi connectivity index (χ2n) is 6.76. The van der Waals surface area contributed by atoms with E-state index in [2.05, 4.69) is 0 Å². The number of hydrogen-bond donors (Lipinski definition) is 1. The molecule has 4 atom stereocenters. The van der Waals surface area contributed by atoms with Crippen LogP contribution in [0, 0.1) is 11.8 Å². The minimum Gasteiger partial charge on any atom is -0.466 e. The van der Waals surface area contributed by atoms with Crippen molar-refractivity contribution in [2.24, 2.45) is 11.8 Å². The van der Waals surface area contributed by atoms with E-state index < -0.39 is 41.1 Å². The van der Waals surface area contributed by atoms with Crippen LogP contribution in [0.2, 0.25) is 0 Å². The molecule has 0 radical (unpaired) electrons. The number of rotatable bonds is 6. The number of benzene rings is 1. The van der Waals surface area contributed by atoms with Gasteiger partial charge in [-0.3, -0.25) is 14.4 Å². The SMILES string of the molecule is CCOC(=O)[C@H]1C(=O)C[C@](C)(O)[C@@H](C(=O)OCC)[C@@H]1c1ccc(SC)cc1. The molecule has 7 heteroatoms. The molecule has 1 aliphatic rings. The lowest BCUT2D eigenvalue weighted by Crippen LogP contribution is -2.55. The molecule has 6 nitrogen and oxygen atoms in total. The maximum atomic E-state index is 12.7. The molecular weight excluding hydrogens is 368 g/mol. The highest BCUT2D eigenvalue weighted by atomic mass is 32.2. The highest BCUT2D eigenvalue weighted by Crippen LogP contribution is 2.46. The van der Waals surface area contributed by atoms with Crippen LogP contribution in [0.4, 0.5) is 0 Å². The maximum Gasteiger partial charge on any atom is 0.317 e. The summed E-state index contributed by atoms with van der Waals surface area (Å²) in [5.74, 6) is -4.79. The summed E-state index contributed by atoms with van der Waals surface area (Å²) in [6, 6.07) is 7.28. The van der Waals surface area contributed by atoms with E-state index in [1.165, 1.54) is 6.92 Å². The largest absolute Gasteiger partial charge is 0.466 e. The third kappa shape index (κ3) is 4.52. The van der Waals surface area contributed by atoms with Gasteiger partial charge in [0.2, 0.25) is 0 Å². The molecule has 0 saturated heterocycles. The average molecular weight is 394 g/mol. The molecule has 0 spiro atoms. The molecule has 1 aliphatic carbocycles. The van der Waals surface area contributed by atoms with Crippen molar-refractivity contribution in [3.63, 3.8) is 0 Å². The number of ketones is 1. The van der Waals surface area contributed by atoms with E-state index in [9.17, 15) is 19.5 Å². The number of aliphatic hydroxyl groups is 1. The fourth-order valence-electron chi connectivity index (χ4n) is 3.71. The predicted octanol–water partition coefficient (Wildman–Crippen LogP) is 2.57. The van der Waals surface area contributed by atoms with E-state index >= 15 is 0 Å². The molecule has 0 bridgehead atoms. The molecule has 2 rings (SSSR count). The van der Waals surface area contributed by atoms with Crippen molar-refractivity contribution in [1.82, 2.24) is 0 Å². The topological polar surface area (TPSA) is 89.9 Å². The summed E-state index contributed by atoms with van der Waals surface area (Å²) >= 11 is 1.56. The molecule has 1 fully saturated rings. The molecule has 27 heavy (non-hydrogen) atoms. The van der Waals surface area contributed by atoms with Gasteiger partial charge in [-0.15, -0.1) is 11.8 Å². The Bertz CT molecular complexity index is 697. The Morgan fingerprint density at radius 2 is 1.70 bits per heavy atom. The molecule has 0 aromatic heterocycles. The first-order chi connectivity index (χ1) is 12.8. The standard InChI is InChI=1S/C20H26O6S/c1-5-25-18(22)16-14(21)11-20(3,24)17(19(23)26-6-2)15(16)12-7-9-13(27-4)10-8-12/h7-10,15-17,24H,5-6,11H2,1-4H3/t15-,16+,17-,20+/m1/s1. The van der Waals surface area contributed by atoms with Gasteiger partial charge in [0.1, 0.15) is 5.92 Å². The van der Waals surface area contributed by atoms with E-state index in [1.807, 2.05) is 18.4 Å². The Kier molecular flexibility index (Phi) is 7.06. The molecule has 1 aromatic rings. The summed E-state index contributed by atoms with van der Waals surface area (Å²) in [6.45, 7) is 5.04. The van der Waals surface area contributed by atoms with Gasteiger partial charge in [0.25, 0.3) is 0 Å². The second-order valence-corrected chi connectivity index (χ2v) is 7.64. The van der Waals surface area contributed by atoms with E-state index in [4.69, 9.17) is 9.47 Å². The first kappa shape index (κ1) is 21.4. The van der Waals surface area contributed by atoms with Gasteiger partial charge in [0.05, 0.1) is 24.7 Å². The lowest BCUT2D eigenvalue weighted by molar-refractivity contribution is -0.172.